The van der Waals surface area contributed by atoms with Gasteiger partial charge in [-0.05, 0) is 40.1 Å². The molecule has 0 unspecified atom stereocenters. The standard InChI is InChI=1S/C24H24N2O2/c1-17(2)24(28)26-21-13-10-18(11-14-21)16-25-23(27)15-12-20-8-5-7-19-6-3-4-9-22(19)20/h3-15,17H,16H2,1-2H3,(H,25,27)(H,26,28)/b15-12+. The van der Waals surface area contributed by atoms with Crippen molar-refractivity contribution in [2.75, 3.05) is 5.32 Å². The summed E-state index contributed by atoms with van der Waals surface area (Å²) in [5.41, 5.74) is 2.73. The van der Waals surface area contributed by atoms with Gasteiger partial charge in [0.15, 0.2) is 0 Å². The third-order valence-electron chi connectivity index (χ3n) is 4.45. The van der Waals surface area contributed by atoms with Gasteiger partial charge in [-0.3, -0.25) is 9.59 Å². The smallest absolute Gasteiger partial charge is 0.244 e. The SMILES string of the molecule is CC(C)C(=O)Nc1ccc(CNC(=O)/C=C/c2cccc3ccccc23)cc1. The minimum absolute atomic E-state index is 0.0142. The van der Waals surface area contributed by atoms with Gasteiger partial charge in [-0.1, -0.05) is 68.4 Å². The fourth-order valence-corrected chi connectivity index (χ4v) is 2.80. The molecule has 0 atom stereocenters. The highest BCUT2D eigenvalue weighted by Crippen LogP contribution is 2.19. The first kappa shape index (κ1) is 19.4. The molecule has 0 heterocycles. The van der Waals surface area contributed by atoms with Gasteiger partial charge in [0.2, 0.25) is 11.8 Å². The van der Waals surface area contributed by atoms with E-state index in [4.69, 9.17) is 0 Å². The summed E-state index contributed by atoms with van der Waals surface area (Å²) >= 11 is 0. The lowest BCUT2D eigenvalue weighted by atomic mass is 10.0. The van der Waals surface area contributed by atoms with Crippen LogP contribution in [-0.2, 0) is 16.1 Å². The number of nitrogens with one attached hydrogen (secondary N) is 2. The van der Waals surface area contributed by atoms with Crippen LogP contribution in [0.3, 0.4) is 0 Å². The molecule has 0 bridgehead atoms. The van der Waals surface area contributed by atoms with E-state index >= 15 is 0 Å². The molecule has 4 heteroatoms. The lowest BCUT2D eigenvalue weighted by Gasteiger charge is -2.08. The van der Waals surface area contributed by atoms with Crippen LogP contribution >= 0.6 is 0 Å². The van der Waals surface area contributed by atoms with Crippen molar-refractivity contribution in [3.8, 4) is 0 Å². The number of carbonyl (C=O) groups excluding carboxylic acids is 2. The van der Waals surface area contributed by atoms with Crippen molar-refractivity contribution in [2.24, 2.45) is 5.92 Å². The Hall–Kier alpha value is -3.40. The molecule has 142 valence electrons. The molecule has 0 aromatic heterocycles. The maximum Gasteiger partial charge on any atom is 0.244 e. The average molecular weight is 372 g/mol. The van der Waals surface area contributed by atoms with E-state index < -0.39 is 0 Å². The molecule has 2 amide bonds. The number of rotatable bonds is 6. The highest BCUT2D eigenvalue weighted by molar-refractivity contribution is 5.96. The zero-order valence-corrected chi connectivity index (χ0v) is 16.1. The molecule has 4 nitrogen and oxygen atoms in total. The second-order valence-electron chi connectivity index (χ2n) is 6.96. The maximum absolute atomic E-state index is 12.2. The summed E-state index contributed by atoms with van der Waals surface area (Å²) in [4.78, 5) is 23.9. The van der Waals surface area contributed by atoms with E-state index in [0.29, 0.717) is 6.54 Å². The highest BCUT2D eigenvalue weighted by Gasteiger charge is 2.06. The maximum atomic E-state index is 12.2. The number of fused-ring (bicyclic) bond motifs is 1. The summed E-state index contributed by atoms with van der Waals surface area (Å²) in [5, 5.41) is 8.00. The third kappa shape index (κ3) is 5.07. The number of carbonyl (C=O) groups is 2. The molecule has 0 saturated heterocycles. The Morgan fingerprint density at radius 2 is 1.64 bits per heavy atom. The van der Waals surface area contributed by atoms with Gasteiger partial charge < -0.3 is 10.6 Å². The molecule has 0 aliphatic rings. The first-order chi connectivity index (χ1) is 13.5. The number of benzene rings is 3. The van der Waals surface area contributed by atoms with Crippen molar-refractivity contribution in [3.63, 3.8) is 0 Å². The Bertz CT molecular complexity index is 999. The number of anilines is 1. The van der Waals surface area contributed by atoms with Crippen LogP contribution in [0.4, 0.5) is 5.69 Å². The molecular formula is C24H24N2O2. The first-order valence-electron chi connectivity index (χ1n) is 9.36. The zero-order chi connectivity index (χ0) is 19.9. The Morgan fingerprint density at radius 1 is 0.929 bits per heavy atom. The van der Waals surface area contributed by atoms with Crippen LogP contribution < -0.4 is 10.6 Å². The van der Waals surface area contributed by atoms with Crippen molar-refractivity contribution in [3.05, 3.63) is 83.9 Å². The molecule has 0 spiro atoms. The largest absolute Gasteiger partial charge is 0.348 e. The highest BCUT2D eigenvalue weighted by atomic mass is 16.2. The van der Waals surface area contributed by atoms with Gasteiger partial charge in [-0.15, -0.1) is 0 Å². The van der Waals surface area contributed by atoms with E-state index in [1.165, 1.54) is 0 Å². The van der Waals surface area contributed by atoms with E-state index in [1.807, 2.05) is 74.5 Å². The number of hydrogen-bond donors (Lipinski definition) is 2. The number of amides is 2. The predicted octanol–water partition coefficient (Wildman–Crippen LogP) is 4.76. The molecule has 28 heavy (non-hydrogen) atoms. The number of hydrogen-bond acceptors (Lipinski definition) is 2. The molecule has 0 saturated carbocycles. The third-order valence-corrected chi connectivity index (χ3v) is 4.45. The minimum atomic E-state index is -0.148. The van der Waals surface area contributed by atoms with Crippen LogP contribution in [-0.4, -0.2) is 11.8 Å². The monoisotopic (exact) mass is 372 g/mol. The van der Waals surface area contributed by atoms with E-state index in [0.717, 1.165) is 27.6 Å². The minimum Gasteiger partial charge on any atom is -0.348 e. The van der Waals surface area contributed by atoms with Crippen LogP contribution in [0.25, 0.3) is 16.8 Å². The van der Waals surface area contributed by atoms with Gasteiger partial charge in [-0.2, -0.15) is 0 Å². The Balaban J connectivity index is 1.57. The fourth-order valence-electron chi connectivity index (χ4n) is 2.80. The molecular weight excluding hydrogens is 348 g/mol. The van der Waals surface area contributed by atoms with Gasteiger partial charge >= 0.3 is 0 Å². The molecule has 2 N–H and O–H groups in total. The Morgan fingerprint density at radius 3 is 2.39 bits per heavy atom. The van der Waals surface area contributed by atoms with Crippen molar-refractivity contribution in [1.82, 2.24) is 5.32 Å². The van der Waals surface area contributed by atoms with Gasteiger partial charge in [0, 0.05) is 24.2 Å². The van der Waals surface area contributed by atoms with Gasteiger partial charge in [0.1, 0.15) is 0 Å². The molecule has 0 fully saturated rings. The summed E-state index contributed by atoms with van der Waals surface area (Å²) in [6.07, 6.45) is 3.39. The van der Waals surface area contributed by atoms with Gasteiger partial charge in [0.05, 0.1) is 0 Å². The zero-order valence-electron chi connectivity index (χ0n) is 16.1. The molecule has 3 aromatic carbocycles. The summed E-state index contributed by atoms with van der Waals surface area (Å²) in [6.45, 7) is 4.13. The summed E-state index contributed by atoms with van der Waals surface area (Å²) in [6, 6.07) is 21.6. The van der Waals surface area contributed by atoms with Gasteiger partial charge in [0.25, 0.3) is 0 Å². The van der Waals surface area contributed by atoms with Crippen molar-refractivity contribution in [2.45, 2.75) is 20.4 Å². The van der Waals surface area contributed by atoms with E-state index in [-0.39, 0.29) is 17.7 Å². The lowest BCUT2D eigenvalue weighted by Crippen LogP contribution is -2.20. The normalized spacial score (nSPS) is 11.1. The van der Waals surface area contributed by atoms with Crippen molar-refractivity contribution in [1.29, 1.82) is 0 Å². The molecule has 0 aliphatic heterocycles. The molecule has 3 aromatic rings. The average Bonchev–Trinajstić information content (AvgIpc) is 2.71. The topological polar surface area (TPSA) is 58.2 Å². The van der Waals surface area contributed by atoms with E-state index in [2.05, 4.69) is 22.8 Å². The Labute approximate surface area is 165 Å². The summed E-state index contributed by atoms with van der Waals surface area (Å²) < 4.78 is 0. The molecule has 0 radical (unpaired) electrons. The predicted molar refractivity (Wildman–Crippen MR) is 115 cm³/mol. The van der Waals surface area contributed by atoms with E-state index in [9.17, 15) is 9.59 Å². The lowest BCUT2D eigenvalue weighted by molar-refractivity contribution is -0.119. The molecule has 3 rings (SSSR count). The summed E-state index contributed by atoms with van der Waals surface area (Å²) in [7, 11) is 0. The van der Waals surface area contributed by atoms with Crippen LogP contribution in [0, 0.1) is 5.92 Å². The van der Waals surface area contributed by atoms with Crippen LogP contribution in [0.5, 0.6) is 0 Å². The van der Waals surface area contributed by atoms with Gasteiger partial charge in [-0.25, -0.2) is 0 Å². The second-order valence-corrected chi connectivity index (χ2v) is 6.96. The van der Waals surface area contributed by atoms with Crippen molar-refractivity contribution >= 4 is 34.4 Å². The second kappa shape index (κ2) is 9.00. The van der Waals surface area contributed by atoms with Crippen LogP contribution in [0.1, 0.15) is 25.0 Å². The summed E-state index contributed by atoms with van der Waals surface area (Å²) in [5.74, 6) is -0.225. The fraction of sp³-hybridized carbons (Fsp3) is 0.167. The quantitative estimate of drug-likeness (QED) is 0.613. The van der Waals surface area contributed by atoms with Crippen molar-refractivity contribution < 1.29 is 9.59 Å². The van der Waals surface area contributed by atoms with E-state index in [1.54, 1.807) is 6.08 Å². The molecule has 0 aliphatic carbocycles. The first-order valence-corrected chi connectivity index (χ1v) is 9.36. The van der Waals surface area contributed by atoms with Crippen LogP contribution in [0.15, 0.2) is 72.8 Å². The van der Waals surface area contributed by atoms with Crippen LogP contribution in [0.2, 0.25) is 0 Å². The Kier molecular flexibility index (Phi) is 6.22.